The van der Waals surface area contributed by atoms with E-state index < -0.39 is 9.84 Å². The van der Waals surface area contributed by atoms with Crippen LogP contribution in [0.2, 0.25) is 0 Å². The molecule has 2 fully saturated rings. The lowest BCUT2D eigenvalue weighted by Gasteiger charge is -2.33. The molecule has 1 atom stereocenters. The Hall–Kier alpha value is -0.330. The monoisotopic (exact) mass is 310 g/mol. The molecule has 1 saturated heterocycles. The van der Waals surface area contributed by atoms with Gasteiger partial charge in [0.15, 0.2) is 9.84 Å². The molecule has 1 aliphatic carbocycles. The number of carbonyl (C=O) groups excluding carboxylic acids is 1. The average Bonchev–Trinajstić information content (AvgIpc) is 2.68. The molecule has 1 saturated carbocycles. The maximum absolute atomic E-state index is 11.9. The van der Waals surface area contributed by atoms with Gasteiger partial charge in [0.2, 0.25) is 5.91 Å². The number of hydrogen-bond acceptors (Lipinski definition) is 4. The van der Waals surface area contributed by atoms with E-state index >= 15 is 0 Å². The molecule has 7 heteroatoms. The van der Waals surface area contributed by atoms with E-state index in [4.69, 9.17) is 5.73 Å². The number of amides is 1. The Morgan fingerprint density at radius 3 is 2.42 bits per heavy atom. The van der Waals surface area contributed by atoms with Crippen molar-refractivity contribution in [1.82, 2.24) is 5.32 Å². The van der Waals surface area contributed by atoms with Gasteiger partial charge in [0.25, 0.3) is 0 Å². The maximum atomic E-state index is 11.9. The van der Waals surface area contributed by atoms with Crippen LogP contribution in [0.5, 0.6) is 0 Å². The van der Waals surface area contributed by atoms with Crippen LogP contribution in [0, 0.1) is 5.92 Å². The highest BCUT2D eigenvalue weighted by Gasteiger charge is 2.34. The molecule has 1 unspecified atom stereocenters. The largest absolute Gasteiger partial charge is 0.354 e. The number of nitrogens with two attached hydrogens (primary N) is 1. The van der Waals surface area contributed by atoms with Crippen LogP contribution in [0.25, 0.3) is 0 Å². The first-order valence-electron chi connectivity index (χ1n) is 6.67. The molecule has 1 amide bonds. The van der Waals surface area contributed by atoms with Crippen LogP contribution < -0.4 is 11.1 Å². The van der Waals surface area contributed by atoms with Crippen LogP contribution in [-0.4, -0.2) is 37.9 Å². The van der Waals surface area contributed by atoms with Crippen LogP contribution in [0.1, 0.15) is 38.5 Å². The number of nitrogens with one attached hydrogen (secondary N) is 1. The number of sulfone groups is 1. The summed E-state index contributed by atoms with van der Waals surface area (Å²) in [4.78, 5) is 11.9. The van der Waals surface area contributed by atoms with Crippen LogP contribution >= 0.6 is 12.4 Å². The van der Waals surface area contributed by atoms with E-state index in [2.05, 4.69) is 5.32 Å². The minimum Gasteiger partial charge on any atom is -0.354 e. The standard InChI is InChI=1S/C12H22N2O3S.ClH/c13-12(5-2-1-3-6-12)9-14-11(15)10-4-7-18(16,17)8-10;/h10H,1-9,13H2,(H,14,15);1H. The molecule has 2 rings (SSSR count). The minimum atomic E-state index is -2.99. The summed E-state index contributed by atoms with van der Waals surface area (Å²) < 4.78 is 22.6. The smallest absolute Gasteiger partial charge is 0.224 e. The predicted molar refractivity (Wildman–Crippen MR) is 77.0 cm³/mol. The summed E-state index contributed by atoms with van der Waals surface area (Å²) in [6.45, 7) is 0.475. The van der Waals surface area contributed by atoms with Crippen molar-refractivity contribution in [1.29, 1.82) is 0 Å². The average molecular weight is 311 g/mol. The third-order valence-corrected chi connectivity index (χ3v) is 5.84. The molecule has 5 nitrogen and oxygen atoms in total. The summed E-state index contributed by atoms with van der Waals surface area (Å²) in [6, 6.07) is 0. The van der Waals surface area contributed by atoms with Crippen molar-refractivity contribution < 1.29 is 13.2 Å². The summed E-state index contributed by atoms with van der Waals surface area (Å²) >= 11 is 0. The first-order valence-corrected chi connectivity index (χ1v) is 8.49. The van der Waals surface area contributed by atoms with Gasteiger partial charge in [0.05, 0.1) is 17.4 Å². The van der Waals surface area contributed by atoms with Gasteiger partial charge in [0.1, 0.15) is 0 Å². The molecule has 0 aromatic rings. The first-order chi connectivity index (χ1) is 8.40. The predicted octanol–water partition coefficient (Wildman–Crippen LogP) is 0.621. The SMILES string of the molecule is Cl.NC1(CNC(=O)C2CCS(=O)(=O)C2)CCCCC1. The third kappa shape index (κ3) is 4.61. The van der Waals surface area contributed by atoms with E-state index in [0.717, 1.165) is 25.7 Å². The highest BCUT2D eigenvalue weighted by Crippen LogP contribution is 2.25. The maximum Gasteiger partial charge on any atom is 0.224 e. The van der Waals surface area contributed by atoms with Gasteiger partial charge in [-0.15, -0.1) is 12.4 Å². The second kappa shape index (κ2) is 6.41. The molecule has 19 heavy (non-hydrogen) atoms. The fraction of sp³-hybridized carbons (Fsp3) is 0.917. The van der Waals surface area contributed by atoms with Gasteiger partial charge in [0, 0.05) is 12.1 Å². The Bertz CT molecular complexity index is 419. The molecule has 1 aliphatic heterocycles. The molecule has 0 radical (unpaired) electrons. The van der Waals surface area contributed by atoms with Crippen LogP contribution in [-0.2, 0) is 14.6 Å². The van der Waals surface area contributed by atoms with Crippen molar-refractivity contribution in [3.8, 4) is 0 Å². The second-order valence-corrected chi connectivity index (χ2v) is 7.97. The van der Waals surface area contributed by atoms with Crippen molar-refractivity contribution in [2.75, 3.05) is 18.1 Å². The van der Waals surface area contributed by atoms with Crippen molar-refractivity contribution in [3.05, 3.63) is 0 Å². The molecule has 2 aliphatic rings. The van der Waals surface area contributed by atoms with Gasteiger partial charge in [-0.3, -0.25) is 4.79 Å². The highest BCUT2D eigenvalue weighted by atomic mass is 35.5. The van der Waals surface area contributed by atoms with Gasteiger partial charge in [-0.25, -0.2) is 8.42 Å². The lowest BCUT2D eigenvalue weighted by atomic mass is 9.82. The molecular weight excluding hydrogens is 288 g/mol. The Kier molecular flexibility index (Phi) is 5.65. The van der Waals surface area contributed by atoms with Crippen molar-refractivity contribution in [2.45, 2.75) is 44.1 Å². The van der Waals surface area contributed by atoms with E-state index in [-0.39, 0.29) is 41.3 Å². The Balaban J connectivity index is 0.00000180. The molecule has 0 aromatic carbocycles. The number of halogens is 1. The van der Waals surface area contributed by atoms with Gasteiger partial charge in [-0.2, -0.15) is 0 Å². The summed E-state index contributed by atoms with van der Waals surface area (Å²) in [5.41, 5.74) is 5.94. The van der Waals surface area contributed by atoms with E-state index in [9.17, 15) is 13.2 Å². The second-order valence-electron chi connectivity index (χ2n) is 5.74. The summed E-state index contributed by atoms with van der Waals surface area (Å²) in [5, 5.41) is 2.84. The molecule has 112 valence electrons. The van der Waals surface area contributed by atoms with Gasteiger partial charge >= 0.3 is 0 Å². The van der Waals surface area contributed by atoms with Crippen LogP contribution in [0.15, 0.2) is 0 Å². The summed E-state index contributed by atoms with van der Waals surface area (Å²) in [5.74, 6) is -0.386. The summed E-state index contributed by atoms with van der Waals surface area (Å²) in [7, 11) is -2.99. The number of carbonyl (C=O) groups is 1. The van der Waals surface area contributed by atoms with Gasteiger partial charge in [-0.1, -0.05) is 19.3 Å². The fourth-order valence-corrected chi connectivity index (χ4v) is 4.58. The molecule has 0 spiro atoms. The third-order valence-electron chi connectivity index (χ3n) is 4.07. The molecule has 3 N–H and O–H groups in total. The molecule has 0 aromatic heterocycles. The molecule has 0 bridgehead atoms. The van der Waals surface area contributed by atoms with Crippen LogP contribution in [0.3, 0.4) is 0 Å². The number of hydrogen-bond donors (Lipinski definition) is 2. The summed E-state index contributed by atoms with van der Waals surface area (Å²) in [6.07, 6.45) is 5.78. The van der Waals surface area contributed by atoms with Crippen LogP contribution in [0.4, 0.5) is 0 Å². The normalized spacial score (nSPS) is 28.4. The zero-order valence-electron chi connectivity index (χ0n) is 11.1. The number of rotatable bonds is 3. The van der Waals surface area contributed by atoms with E-state index in [1.807, 2.05) is 0 Å². The lowest BCUT2D eigenvalue weighted by molar-refractivity contribution is -0.124. The fourth-order valence-electron chi connectivity index (χ4n) is 2.84. The quantitative estimate of drug-likeness (QED) is 0.799. The van der Waals surface area contributed by atoms with Gasteiger partial charge in [-0.05, 0) is 19.3 Å². The van der Waals surface area contributed by atoms with Crippen molar-refractivity contribution >= 4 is 28.2 Å². The minimum absolute atomic E-state index is 0. The zero-order valence-corrected chi connectivity index (χ0v) is 12.7. The van der Waals surface area contributed by atoms with E-state index in [0.29, 0.717) is 13.0 Å². The molecular formula is C12H23ClN2O3S. The van der Waals surface area contributed by atoms with Gasteiger partial charge < -0.3 is 11.1 Å². The Morgan fingerprint density at radius 1 is 1.26 bits per heavy atom. The Labute approximate surface area is 121 Å². The van der Waals surface area contributed by atoms with Crippen molar-refractivity contribution in [3.63, 3.8) is 0 Å². The zero-order chi connectivity index (χ0) is 13.2. The van der Waals surface area contributed by atoms with Crippen molar-refractivity contribution in [2.24, 2.45) is 11.7 Å². The van der Waals surface area contributed by atoms with E-state index in [1.165, 1.54) is 6.42 Å². The highest BCUT2D eigenvalue weighted by molar-refractivity contribution is 7.91. The Morgan fingerprint density at radius 2 is 1.89 bits per heavy atom. The lowest BCUT2D eigenvalue weighted by Crippen LogP contribution is -2.52. The first kappa shape index (κ1) is 16.7. The topological polar surface area (TPSA) is 89.3 Å². The van der Waals surface area contributed by atoms with E-state index in [1.54, 1.807) is 0 Å². The molecule has 1 heterocycles.